The van der Waals surface area contributed by atoms with Crippen molar-refractivity contribution in [2.45, 2.75) is 53.6 Å². The van der Waals surface area contributed by atoms with Crippen LogP contribution in [-0.2, 0) is 27.9 Å². The average molecular weight is 412 g/mol. The molecule has 154 valence electrons. The van der Waals surface area contributed by atoms with Gasteiger partial charge in [-0.05, 0) is 54.5 Å². The van der Waals surface area contributed by atoms with Crippen LogP contribution in [0.25, 0.3) is 0 Å². The van der Waals surface area contributed by atoms with Gasteiger partial charge >= 0.3 is 12.8 Å². The van der Waals surface area contributed by atoms with Crippen molar-refractivity contribution in [1.29, 1.82) is 0 Å². The molecule has 1 atom stereocenters. The number of rotatable bonds is 10. The van der Waals surface area contributed by atoms with Gasteiger partial charge in [0.15, 0.2) is 0 Å². The normalized spacial score (nSPS) is 19.2. The summed E-state index contributed by atoms with van der Waals surface area (Å²) in [6.45, 7) is 11.9. The van der Waals surface area contributed by atoms with Crippen LogP contribution in [0.3, 0.4) is 0 Å². The van der Waals surface area contributed by atoms with E-state index in [-0.39, 0.29) is 18.5 Å². The van der Waals surface area contributed by atoms with Crippen LogP contribution < -0.4 is 0 Å². The van der Waals surface area contributed by atoms with Gasteiger partial charge in [-0.1, -0.05) is 0 Å². The molecule has 7 nitrogen and oxygen atoms in total. The number of hydrogen-bond acceptors (Lipinski definition) is 8. The van der Waals surface area contributed by atoms with Gasteiger partial charge in [0, 0.05) is 24.5 Å². The Hall–Kier alpha value is -0.110. The minimum Gasteiger partial charge on any atom is -0.454 e. The second-order valence-electron chi connectivity index (χ2n) is 7.84. The Labute approximate surface area is 161 Å². The highest BCUT2D eigenvalue weighted by molar-refractivity contribution is 8.55. The van der Waals surface area contributed by atoms with Gasteiger partial charge in [0.1, 0.15) is 5.94 Å². The summed E-state index contributed by atoms with van der Waals surface area (Å²) in [5.74, 6) is -0.371. The molecule has 0 spiro atoms. The molecule has 1 heterocycles. The van der Waals surface area contributed by atoms with Crippen molar-refractivity contribution in [3.63, 3.8) is 0 Å². The zero-order chi connectivity index (χ0) is 19.8. The number of morpholine rings is 1. The van der Waals surface area contributed by atoms with Gasteiger partial charge in [-0.3, -0.25) is 14.2 Å². The van der Waals surface area contributed by atoms with Crippen molar-refractivity contribution in [3.8, 4) is 0 Å². The molecule has 26 heavy (non-hydrogen) atoms. The molecule has 0 aromatic heterocycles. The van der Waals surface area contributed by atoms with Gasteiger partial charge in [0.25, 0.3) is 0 Å². The minimum absolute atomic E-state index is 0.0623. The lowest BCUT2D eigenvalue weighted by Gasteiger charge is -2.30. The molecule has 0 amide bonds. The third-order valence-corrected chi connectivity index (χ3v) is 7.47. The second kappa shape index (κ2) is 10.4. The number of hydrogen-bond donors (Lipinski definition) is 0. The Morgan fingerprint density at radius 2 is 1.81 bits per heavy atom. The van der Waals surface area contributed by atoms with Crippen LogP contribution in [-0.4, -0.2) is 61.9 Å². The first kappa shape index (κ1) is 23.9. The summed E-state index contributed by atoms with van der Waals surface area (Å²) in [5, 5.41) is 0. The molecule has 1 aliphatic rings. The highest BCUT2D eigenvalue weighted by Crippen LogP contribution is 2.62. The van der Waals surface area contributed by atoms with E-state index in [0.29, 0.717) is 6.42 Å². The summed E-state index contributed by atoms with van der Waals surface area (Å²) in [6.07, 6.45) is 0.693. The van der Waals surface area contributed by atoms with Crippen LogP contribution in [0.4, 0.5) is 0 Å². The summed E-state index contributed by atoms with van der Waals surface area (Å²) in [5.41, 5.74) is -1.22. The molecule has 1 saturated heterocycles. The minimum atomic E-state index is -3.37. The molecule has 0 aromatic carbocycles. The number of nitrogens with zero attached hydrogens (tertiary/aromatic N) is 1. The van der Waals surface area contributed by atoms with Crippen LogP contribution in [0.2, 0.25) is 0 Å². The molecule has 0 saturated carbocycles. The fraction of sp³-hybridized carbons (Fsp3) is 0.941. The molecule has 0 radical (unpaired) electrons. The maximum atomic E-state index is 12.7. The summed E-state index contributed by atoms with van der Waals surface area (Å²) in [4.78, 5) is 14.7. The van der Waals surface area contributed by atoms with Crippen molar-refractivity contribution in [3.05, 3.63) is 0 Å². The Kier molecular flexibility index (Phi) is 9.61. The van der Waals surface area contributed by atoms with E-state index in [0.717, 1.165) is 44.2 Å². The van der Waals surface area contributed by atoms with Crippen LogP contribution in [0.15, 0.2) is 0 Å². The van der Waals surface area contributed by atoms with E-state index >= 15 is 0 Å². The Bertz CT molecular complexity index is 488. The van der Waals surface area contributed by atoms with Gasteiger partial charge in [-0.15, -0.1) is 0 Å². The van der Waals surface area contributed by atoms with Gasteiger partial charge < -0.3 is 14.0 Å². The van der Waals surface area contributed by atoms with Crippen molar-refractivity contribution >= 4 is 24.1 Å². The van der Waals surface area contributed by atoms with E-state index in [2.05, 4.69) is 4.90 Å². The standard InChI is InChI=1S/C17H34NO6PS/c1-7-23-25(20,24-16(2,3)4)26-14-22-15(19)17(5,6)8-9-18-10-12-21-13-11-18/h7-14H2,1-6H3. The zero-order valence-corrected chi connectivity index (χ0v) is 18.6. The van der Waals surface area contributed by atoms with E-state index in [4.69, 9.17) is 18.5 Å². The molecule has 0 aliphatic carbocycles. The monoisotopic (exact) mass is 411 g/mol. The van der Waals surface area contributed by atoms with Crippen molar-refractivity contribution in [2.24, 2.45) is 5.41 Å². The smallest absolute Gasteiger partial charge is 0.392 e. The quantitative estimate of drug-likeness (QED) is 0.304. The molecule has 1 unspecified atom stereocenters. The lowest BCUT2D eigenvalue weighted by molar-refractivity contribution is -0.152. The van der Waals surface area contributed by atoms with Gasteiger partial charge in [0.05, 0.1) is 30.8 Å². The lowest BCUT2D eigenvalue weighted by atomic mass is 9.89. The van der Waals surface area contributed by atoms with Crippen molar-refractivity contribution < 1.29 is 27.9 Å². The van der Waals surface area contributed by atoms with Gasteiger partial charge in [-0.2, -0.15) is 0 Å². The predicted molar refractivity (Wildman–Crippen MR) is 104 cm³/mol. The molecule has 0 aromatic rings. The first-order valence-electron chi connectivity index (χ1n) is 9.05. The molecule has 1 aliphatic heterocycles. The fourth-order valence-electron chi connectivity index (χ4n) is 2.29. The second-order valence-corrected chi connectivity index (χ2v) is 11.8. The Morgan fingerprint density at radius 3 is 2.35 bits per heavy atom. The average Bonchev–Trinajstić information content (AvgIpc) is 2.52. The van der Waals surface area contributed by atoms with E-state index in [1.54, 1.807) is 27.7 Å². The molecule has 1 rings (SSSR count). The number of carbonyl (C=O) groups is 1. The van der Waals surface area contributed by atoms with Crippen LogP contribution in [0.5, 0.6) is 0 Å². The SMILES string of the molecule is CCOP(=O)(OC(C)(C)C)SCOC(=O)C(C)(C)CCN1CCOCC1. The first-order valence-corrected chi connectivity index (χ1v) is 12.2. The van der Waals surface area contributed by atoms with E-state index in [1.165, 1.54) is 0 Å². The number of ether oxygens (including phenoxy) is 2. The Morgan fingerprint density at radius 1 is 1.19 bits per heavy atom. The summed E-state index contributed by atoms with van der Waals surface area (Å²) in [6, 6.07) is 0. The molecule has 9 heteroatoms. The van der Waals surface area contributed by atoms with Gasteiger partial charge in [-0.25, -0.2) is 4.57 Å². The molecule has 0 bridgehead atoms. The first-order chi connectivity index (χ1) is 12.0. The van der Waals surface area contributed by atoms with E-state index in [1.807, 2.05) is 13.8 Å². The third-order valence-electron chi connectivity index (χ3n) is 3.78. The van der Waals surface area contributed by atoms with Gasteiger partial charge in [0.2, 0.25) is 0 Å². The fourth-order valence-corrected chi connectivity index (χ4v) is 5.66. The molecule has 1 fully saturated rings. The molecular formula is C17H34NO6PS. The topological polar surface area (TPSA) is 74.3 Å². The summed E-state index contributed by atoms with van der Waals surface area (Å²) < 4.78 is 34.2. The number of esters is 1. The number of carbonyl (C=O) groups excluding carboxylic acids is 1. The molecule has 0 N–H and O–H groups in total. The Balaban J connectivity index is 2.45. The zero-order valence-electron chi connectivity index (χ0n) is 16.9. The van der Waals surface area contributed by atoms with Crippen LogP contribution in [0.1, 0.15) is 48.0 Å². The molecular weight excluding hydrogens is 377 g/mol. The highest BCUT2D eigenvalue weighted by atomic mass is 32.7. The maximum Gasteiger partial charge on any atom is 0.392 e. The largest absolute Gasteiger partial charge is 0.454 e. The predicted octanol–water partition coefficient (Wildman–Crippen LogP) is 3.93. The summed E-state index contributed by atoms with van der Waals surface area (Å²) in [7, 11) is 0. The summed E-state index contributed by atoms with van der Waals surface area (Å²) >= 11 is 0.907. The third kappa shape index (κ3) is 9.20. The van der Waals surface area contributed by atoms with Crippen molar-refractivity contribution in [1.82, 2.24) is 4.90 Å². The highest BCUT2D eigenvalue weighted by Gasteiger charge is 2.34. The van der Waals surface area contributed by atoms with Crippen LogP contribution >= 0.6 is 18.2 Å². The van der Waals surface area contributed by atoms with Crippen molar-refractivity contribution in [2.75, 3.05) is 45.4 Å². The van der Waals surface area contributed by atoms with E-state index < -0.39 is 17.8 Å². The van der Waals surface area contributed by atoms with Crippen LogP contribution in [0, 0.1) is 5.41 Å². The lowest BCUT2D eigenvalue weighted by Crippen LogP contribution is -2.39. The maximum absolute atomic E-state index is 12.7. The van der Waals surface area contributed by atoms with E-state index in [9.17, 15) is 9.36 Å².